The van der Waals surface area contributed by atoms with Crippen molar-refractivity contribution in [1.82, 2.24) is 0 Å². The highest BCUT2D eigenvalue weighted by Crippen LogP contribution is 2.42. The molecule has 0 aromatic rings. The Morgan fingerprint density at radius 2 is 1.82 bits per heavy atom. The molecule has 2 aliphatic rings. The van der Waals surface area contributed by atoms with Crippen LogP contribution < -0.4 is 0 Å². The normalized spacial score (nSPS) is 31.4. The molecule has 11 heavy (non-hydrogen) atoms. The van der Waals surface area contributed by atoms with E-state index in [-0.39, 0.29) is 5.60 Å². The lowest BCUT2D eigenvalue weighted by Crippen LogP contribution is -2.46. The van der Waals surface area contributed by atoms with E-state index in [1.54, 1.807) is 0 Å². The molecule has 0 aromatic carbocycles. The molecule has 1 heterocycles. The van der Waals surface area contributed by atoms with Crippen molar-refractivity contribution in [2.24, 2.45) is 5.92 Å². The molecule has 64 valence electrons. The van der Waals surface area contributed by atoms with Crippen molar-refractivity contribution in [2.45, 2.75) is 37.7 Å². The van der Waals surface area contributed by atoms with Gasteiger partial charge >= 0.3 is 0 Å². The van der Waals surface area contributed by atoms with Crippen LogP contribution in [0.5, 0.6) is 0 Å². The van der Waals surface area contributed by atoms with Crippen molar-refractivity contribution >= 4 is 0 Å². The molecule has 0 bridgehead atoms. The van der Waals surface area contributed by atoms with Crippen LogP contribution in [0.3, 0.4) is 0 Å². The fourth-order valence-electron chi connectivity index (χ4n) is 2.18. The zero-order valence-corrected chi connectivity index (χ0v) is 6.88. The van der Waals surface area contributed by atoms with E-state index in [0.29, 0.717) is 5.92 Å². The van der Waals surface area contributed by atoms with Crippen molar-refractivity contribution in [3.8, 4) is 0 Å². The second-order valence-corrected chi connectivity index (χ2v) is 3.84. The number of hydrogen-bond acceptors (Lipinski definition) is 2. The largest absolute Gasteiger partial charge is 0.390 e. The van der Waals surface area contributed by atoms with Crippen molar-refractivity contribution in [2.75, 3.05) is 13.2 Å². The van der Waals surface area contributed by atoms with Crippen LogP contribution in [0.1, 0.15) is 32.1 Å². The van der Waals surface area contributed by atoms with Gasteiger partial charge in [-0.15, -0.1) is 0 Å². The van der Waals surface area contributed by atoms with Crippen LogP contribution in [0.25, 0.3) is 0 Å². The molecular formula is C9H16O2. The Morgan fingerprint density at radius 1 is 1.18 bits per heavy atom. The summed E-state index contributed by atoms with van der Waals surface area (Å²) in [4.78, 5) is 0. The Kier molecular flexibility index (Phi) is 1.90. The first-order valence-corrected chi connectivity index (χ1v) is 4.61. The Balaban J connectivity index is 1.91. The number of hydrogen-bond donors (Lipinski definition) is 1. The van der Waals surface area contributed by atoms with Gasteiger partial charge in [0.05, 0.1) is 5.60 Å². The fraction of sp³-hybridized carbons (Fsp3) is 1.00. The van der Waals surface area contributed by atoms with Gasteiger partial charge in [-0.05, 0) is 38.0 Å². The van der Waals surface area contributed by atoms with E-state index in [4.69, 9.17) is 4.74 Å². The molecule has 0 unspecified atom stereocenters. The first kappa shape index (κ1) is 7.56. The maximum absolute atomic E-state index is 9.98. The highest BCUT2D eigenvalue weighted by molar-refractivity contribution is 4.94. The van der Waals surface area contributed by atoms with E-state index in [9.17, 15) is 5.11 Å². The van der Waals surface area contributed by atoms with E-state index in [0.717, 1.165) is 38.9 Å². The highest BCUT2D eigenvalue weighted by atomic mass is 16.5. The molecule has 1 saturated carbocycles. The molecule has 2 heteroatoms. The van der Waals surface area contributed by atoms with E-state index >= 15 is 0 Å². The summed E-state index contributed by atoms with van der Waals surface area (Å²) in [6.45, 7) is 1.71. The maximum Gasteiger partial charge on any atom is 0.0677 e. The van der Waals surface area contributed by atoms with Gasteiger partial charge in [0.15, 0.2) is 0 Å². The Labute approximate surface area is 67.6 Å². The molecule has 1 saturated heterocycles. The average Bonchev–Trinajstić information content (AvgIpc) is 2.02. The summed E-state index contributed by atoms with van der Waals surface area (Å²) < 4.78 is 5.25. The second-order valence-electron chi connectivity index (χ2n) is 3.84. The van der Waals surface area contributed by atoms with Crippen molar-refractivity contribution in [1.29, 1.82) is 0 Å². The van der Waals surface area contributed by atoms with Crippen LogP contribution >= 0.6 is 0 Å². The predicted molar refractivity (Wildman–Crippen MR) is 42.3 cm³/mol. The average molecular weight is 156 g/mol. The van der Waals surface area contributed by atoms with E-state index in [1.165, 1.54) is 6.42 Å². The quantitative estimate of drug-likeness (QED) is 0.620. The molecule has 0 spiro atoms. The van der Waals surface area contributed by atoms with Crippen LogP contribution in [0, 0.1) is 5.92 Å². The third-order valence-electron chi connectivity index (χ3n) is 3.20. The number of ether oxygens (including phenoxy) is 1. The van der Waals surface area contributed by atoms with Crippen LogP contribution in [0.4, 0.5) is 0 Å². The SMILES string of the molecule is OC1(C2CCOCC2)CCC1. The molecule has 0 aromatic heterocycles. The monoisotopic (exact) mass is 156 g/mol. The lowest BCUT2D eigenvalue weighted by Gasteiger charge is -2.44. The Hall–Kier alpha value is -0.0800. The maximum atomic E-state index is 9.98. The summed E-state index contributed by atoms with van der Waals surface area (Å²) in [6, 6.07) is 0. The molecule has 0 atom stereocenters. The molecule has 0 amide bonds. The minimum atomic E-state index is -0.288. The lowest BCUT2D eigenvalue weighted by atomic mass is 9.68. The van der Waals surface area contributed by atoms with E-state index in [2.05, 4.69) is 0 Å². The zero-order valence-electron chi connectivity index (χ0n) is 6.88. The predicted octanol–water partition coefficient (Wildman–Crippen LogP) is 1.33. The molecule has 1 aliphatic heterocycles. The molecule has 2 fully saturated rings. The van der Waals surface area contributed by atoms with Gasteiger partial charge in [-0.2, -0.15) is 0 Å². The molecular weight excluding hydrogens is 140 g/mol. The molecule has 1 N–H and O–H groups in total. The van der Waals surface area contributed by atoms with Gasteiger partial charge in [0.2, 0.25) is 0 Å². The minimum Gasteiger partial charge on any atom is -0.390 e. The van der Waals surface area contributed by atoms with Crippen LogP contribution in [0.15, 0.2) is 0 Å². The smallest absolute Gasteiger partial charge is 0.0677 e. The summed E-state index contributed by atoms with van der Waals surface area (Å²) in [5.41, 5.74) is -0.288. The first-order valence-electron chi connectivity index (χ1n) is 4.61. The Bertz CT molecular complexity index is 134. The third kappa shape index (κ3) is 1.30. The van der Waals surface area contributed by atoms with Crippen molar-refractivity contribution in [3.05, 3.63) is 0 Å². The van der Waals surface area contributed by atoms with Crippen LogP contribution in [-0.4, -0.2) is 23.9 Å². The summed E-state index contributed by atoms with van der Waals surface area (Å²) >= 11 is 0. The molecule has 1 aliphatic carbocycles. The van der Waals surface area contributed by atoms with Gasteiger partial charge in [0, 0.05) is 13.2 Å². The van der Waals surface area contributed by atoms with Gasteiger partial charge < -0.3 is 9.84 Å². The highest BCUT2D eigenvalue weighted by Gasteiger charge is 2.42. The number of aliphatic hydroxyl groups is 1. The summed E-state index contributed by atoms with van der Waals surface area (Å²) in [6.07, 6.45) is 5.40. The Morgan fingerprint density at radius 3 is 2.27 bits per heavy atom. The summed E-state index contributed by atoms with van der Waals surface area (Å²) in [5.74, 6) is 0.532. The zero-order chi connectivity index (χ0) is 7.73. The van der Waals surface area contributed by atoms with E-state index in [1.807, 2.05) is 0 Å². The minimum absolute atomic E-state index is 0.288. The van der Waals surface area contributed by atoms with E-state index < -0.39 is 0 Å². The van der Waals surface area contributed by atoms with Gasteiger partial charge in [0.1, 0.15) is 0 Å². The van der Waals surface area contributed by atoms with Gasteiger partial charge in [-0.3, -0.25) is 0 Å². The fourth-order valence-corrected chi connectivity index (χ4v) is 2.18. The first-order chi connectivity index (χ1) is 5.31. The number of rotatable bonds is 1. The lowest BCUT2D eigenvalue weighted by molar-refractivity contribution is -0.113. The summed E-state index contributed by atoms with van der Waals surface area (Å²) in [5, 5.41) is 9.98. The molecule has 0 radical (unpaired) electrons. The summed E-state index contributed by atoms with van der Waals surface area (Å²) in [7, 11) is 0. The topological polar surface area (TPSA) is 29.5 Å². The van der Waals surface area contributed by atoms with Gasteiger partial charge in [-0.25, -0.2) is 0 Å². The van der Waals surface area contributed by atoms with Gasteiger partial charge in [-0.1, -0.05) is 0 Å². The third-order valence-corrected chi connectivity index (χ3v) is 3.20. The van der Waals surface area contributed by atoms with Crippen molar-refractivity contribution in [3.63, 3.8) is 0 Å². The van der Waals surface area contributed by atoms with Gasteiger partial charge in [0.25, 0.3) is 0 Å². The second kappa shape index (κ2) is 2.76. The van der Waals surface area contributed by atoms with Crippen LogP contribution in [-0.2, 0) is 4.74 Å². The van der Waals surface area contributed by atoms with Crippen molar-refractivity contribution < 1.29 is 9.84 Å². The standard InChI is InChI=1S/C9H16O2/c10-9(4-1-5-9)8-2-6-11-7-3-8/h8,10H,1-7H2. The molecule has 2 nitrogen and oxygen atoms in total. The van der Waals surface area contributed by atoms with Crippen LogP contribution in [0.2, 0.25) is 0 Å². The molecule has 2 rings (SSSR count).